The second-order valence-corrected chi connectivity index (χ2v) is 29.2. The first-order chi connectivity index (χ1) is 42.0. The summed E-state index contributed by atoms with van der Waals surface area (Å²) in [5.74, 6) is 0.320. The zero-order valence-corrected chi connectivity index (χ0v) is 55.2. The molecule has 0 spiro atoms. The molecule has 3 aliphatic heterocycles. The van der Waals surface area contributed by atoms with Crippen molar-refractivity contribution in [2.75, 3.05) is 60.8 Å². The molecule has 0 bridgehead atoms. The van der Waals surface area contributed by atoms with Crippen molar-refractivity contribution in [1.29, 1.82) is 0 Å². The number of rotatable bonds is 24. The summed E-state index contributed by atoms with van der Waals surface area (Å²) in [5, 5.41) is 10.8. The number of aryl methyl sites for hydroxylation is 3. The molecule has 16 nitrogen and oxygen atoms in total. The maximum absolute atomic E-state index is 13.3. The fourth-order valence-electron chi connectivity index (χ4n) is 11.7. The molecular weight excluding hydrogens is 1170 g/mol. The van der Waals surface area contributed by atoms with Gasteiger partial charge in [-0.2, -0.15) is 0 Å². The van der Waals surface area contributed by atoms with Crippen LogP contribution in [0.1, 0.15) is 178 Å². The van der Waals surface area contributed by atoms with Crippen LogP contribution in [0.25, 0.3) is 0 Å². The van der Waals surface area contributed by atoms with Crippen molar-refractivity contribution in [3.63, 3.8) is 0 Å². The molecule has 0 aromatic heterocycles. The minimum atomic E-state index is -3.63. The maximum atomic E-state index is 13.3. The molecule has 0 fully saturated rings. The Morgan fingerprint density at radius 1 is 0.386 bits per heavy atom. The van der Waals surface area contributed by atoms with Crippen molar-refractivity contribution in [1.82, 2.24) is 16.0 Å². The van der Waals surface area contributed by atoms with Gasteiger partial charge in [0, 0.05) is 40.4 Å². The Kier molecular flexibility index (Phi) is 24.7. The van der Waals surface area contributed by atoms with E-state index in [0.717, 1.165) is 147 Å². The number of unbranched alkanes of at least 4 members (excludes halogenated alkanes) is 9. The first-order valence-corrected chi connectivity index (χ1v) is 35.1. The molecule has 3 aliphatic rings. The van der Waals surface area contributed by atoms with Crippen LogP contribution in [0.4, 0.5) is 17.1 Å². The molecule has 0 saturated carbocycles. The van der Waals surface area contributed by atoms with E-state index in [4.69, 9.17) is 0 Å². The number of para-hydroxylation sites is 3. The lowest BCUT2D eigenvalue weighted by atomic mass is 9.96. The second-order valence-electron chi connectivity index (χ2n) is 23.4. The zero-order chi connectivity index (χ0) is 63.8. The van der Waals surface area contributed by atoms with Crippen molar-refractivity contribution in [2.45, 2.75) is 164 Å². The molecule has 6 aromatic rings. The molecule has 19 heteroatoms. The van der Waals surface area contributed by atoms with Gasteiger partial charge in [0.2, 0.25) is 0 Å². The lowest BCUT2D eigenvalue weighted by Crippen LogP contribution is -2.26. The third-order valence-corrected chi connectivity index (χ3v) is 22.1. The van der Waals surface area contributed by atoms with Gasteiger partial charge in [-0.25, -0.2) is 25.3 Å². The highest BCUT2D eigenvalue weighted by atomic mass is 32.2. The van der Waals surface area contributed by atoms with Crippen molar-refractivity contribution >= 4 is 64.7 Å². The summed E-state index contributed by atoms with van der Waals surface area (Å²) in [7, 11) is -4.59. The van der Waals surface area contributed by atoms with E-state index in [1.165, 1.54) is 20.0 Å². The van der Waals surface area contributed by atoms with Crippen molar-refractivity contribution < 1.29 is 44.4 Å². The Balaban J connectivity index is 0.000000188. The number of ether oxygens (including phenoxy) is 1. The number of esters is 1. The number of hydrogen-bond acceptors (Lipinski definition) is 13. The predicted molar refractivity (Wildman–Crippen MR) is 352 cm³/mol. The number of Topliss-reactive ketones (excluding diaryl/α,β-unsaturated/α-hetero) is 2. The predicted octanol–water partition coefficient (Wildman–Crippen LogP) is 12.6. The van der Waals surface area contributed by atoms with E-state index in [2.05, 4.69) is 20.7 Å². The van der Waals surface area contributed by atoms with Crippen LogP contribution in [0.3, 0.4) is 0 Å². The zero-order valence-electron chi connectivity index (χ0n) is 52.7. The Morgan fingerprint density at radius 2 is 0.659 bits per heavy atom. The van der Waals surface area contributed by atoms with Crippen LogP contribution in [-0.4, -0.2) is 90.7 Å². The van der Waals surface area contributed by atoms with E-state index >= 15 is 0 Å². The number of sulfonamides is 3. The number of carbonyl (C=O) groups is 3. The summed E-state index contributed by atoms with van der Waals surface area (Å²) < 4.78 is 88.4. The molecule has 0 aliphatic carbocycles. The molecule has 3 N–H and O–H groups in total. The SMILES string of the molecule is CC(=O)CCCCCCCNC1c2ccccc2N(C)S(=O)(=O)c2cc(C)ccc21.CC(=O)CCCCCNC1c2ccccc2N(C)S(=O)(=O)c2cc(C)ccc21.COC(=O)CCCCCCNC1c2ccccc2N(C)S(=O)(=O)c2cc(C)ccc21. The Morgan fingerprint density at radius 3 is 0.966 bits per heavy atom. The van der Waals surface area contributed by atoms with Crippen LogP contribution >= 0.6 is 0 Å². The van der Waals surface area contributed by atoms with Gasteiger partial charge in [-0.1, -0.05) is 130 Å². The van der Waals surface area contributed by atoms with Gasteiger partial charge in [-0.05, 0) is 179 Å². The van der Waals surface area contributed by atoms with E-state index in [-0.39, 0.29) is 35.7 Å². The third kappa shape index (κ3) is 16.9. The first kappa shape index (κ1) is 68.7. The van der Waals surface area contributed by atoms with Gasteiger partial charge in [0.15, 0.2) is 0 Å². The average Bonchev–Trinajstić information content (AvgIpc) is 1.70. The Labute approximate surface area is 524 Å². The Bertz CT molecular complexity index is 3740. The van der Waals surface area contributed by atoms with Crippen molar-refractivity contribution in [3.8, 4) is 0 Å². The molecule has 3 heterocycles. The highest BCUT2D eigenvalue weighted by molar-refractivity contribution is 7.93. The molecule has 3 atom stereocenters. The first-order valence-electron chi connectivity index (χ1n) is 30.8. The largest absolute Gasteiger partial charge is 0.469 e. The average molecular weight is 1260 g/mol. The van der Waals surface area contributed by atoms with Crippen LogP contribution in [-0.2, 0) is 49.2 Å². The number of hydrogen-bond donors (Lipinski definition) is 3. The van der Waals surface area contributed by atoms with Gasteiger partial charge in [-0.3, -0.25) is 17.7 Å². The van der Waals surface area contributed by atoms with Gasteiger partial charge >= 0.3 is 5.97 Å². The summed E-state index contributed by atoms with van der Waals surface area (Å²) in [6.45, 7) is 11.3. The third-order valence-electron chi connectivity index (χ3n) is 16.6. The molecule has 88 heavy (non-hydrogen) atoms. The summed E-state index contributed by atoms with van der Waals surface area (Å²) in [6, 6.07) is 39.4. The van der Waals surface area contributed by atoms with E-state index in [9.17, 15) is 39.6 Å². The number of fused-ring (bicyclic) bond motifs is 6. The van der Waals surface area contributed by atoms with Crippen LogP contribution in [0.2, 0.25) is 0 Å². The van der Waals surface area contributed by atoms with Crippen molar-refractivity contribution in [3.05, 3.63) is 177 Å². The minimum absolute atomic E-state index is 0.166. The van der Waals surface area contributed by atoms with E-state index in [1.807, 2.05) is 130 Å². The lowest BCUT2D eigenvalue weighted by Gasteiger charge is -2.22. The number of nitrogens with one attached hydrogen (secondary N) is 3. The minimum Gasteiger partial charge on any atom is -0.469 e. The lowest BCUT2D eigenvalue weighted by molar-refractivity contribution is -0.140. The van der Waals surface area contributed by atoms with Gasteiger partial charge in [0.05, 0.1) is 57.0 Å². The van der Waals surface area contributed by atoms with E-state index in [0.29, 0.717) is 51.0 Å². The van der Waals surface area contributed by atoms with Crippen LogP contribution in [0.15, 0.2) is 142 Å². The van der Waals surface area contributed by atoms with Crippen LogP contribution < -0.4 is 28.9 Å². The molecule has 0 radical (unpaired) electrons. The smallest absolute Gasteiger partial charge is 0.305 e. The van der Waals surface area contributed by atoms with Gasteiger partial charge in [0.25, 0.3) is 30.1 Å². The highest BCUT2D eigenvalue weighted by Crippen LogP contribution is 2.43. The quantitative estimate of drug-likeness (QED) is 0.0381. The summed E-state index contributed by atoms with van der Waals surface area (Å²) in [6.07, 6.45) is 13.6. The standard InChI is InChI=1S/C24H32N2O3S.C23H30N2O4S.C22H28N2O3S/c1-18-14-15-21-23(17-18)30(28,29)26(3)22-13-9-8-12-20(22)24(21)25-16-10-6-4-5-7-11-19(2)27;1-17-13-14-19-21(16-17)30(27,28)25(2)20-11-8-7-10-18(20)23(19)24-15-9-5-4-6-12-22(26)29-3;1-16-12-13-19-21(15-16)28(26,27)24(3)20-11-7-6-10-18(20)22(19)23-14-8-4-5-9-17(2)25/h8-9,12-15,17,24-25H,4-7,10-11,16H2,1-3H3;7-8,10-11,13-14,16,23-24H,4-6,9,12,15H2,1-3H3;6-7,10-13,15,22-23H,4-5,8-9,14H2,1-3H3. The molecule has 0 saturated heterocycles. The molecule has 6 aromatic carbocycles. The van der Waals surface area contributed by atoms with Crippen LogP contribution in [0.5, 0.6) is 0 Å². The molecule has 0 amide bonds. The monoisotopic (exact) mass is 1260 g/mol. The summed E-state index contributed by atoms with van der Waals surface area (Å²) >= 11 is 0. The van der Waals surface area contributed by atoms with E-state index < -0.39 is 30.1 Å². The number of methoxy groups -OCH3 is 1. The topological polar surface area (TPSA) is 209 Å². The number of nitrogens with zero attached hydrogens (tertiary/aromatic N) is 3. The molecule has 3 unspecified atom stereocenters. The molecule has 474 valence electrons. The fraction of sp³-hybridized carbons (Fsp3) is 0.435. The normalized spacial score (nSPS) is 17.2. The van der Waals surface area contributed by atoms with Crippen LogP contribution in [0, 0.1) is 20.8 Å². The van der Waals surface area contributed by atoms with E-state index in [1.54, 1.807) is 53.2 Å². The summed E-state index contributed by atoms with van der Waals surface area (Å²) in [4.78, 5) is 34.4. The maximum Gasteiger partial charge on any atom is 0.305 e. The van der Waals surface area contributed by atoms with Crippen molar-refractivity contribution in [2.24, 2.45) is 0 Å². The molecule has 9 rings (SSSR count). The number of benzene rings is 6. The number of carbonyl (C=O) groups excluding carboxylic acids is 3. The number of ketones is 2. The highest BCUT2D eigenvalue weighted by Gasteiger charge is 2.38. The Hall–Kier alpha value is -6.74. The molecular formula is C69H90N6O10S3. The second kappa shape index (κ2) is 31.6. The van der Waals surface area contributed by atoms with Gasteiger partial charge in [-0.15, -0.1) is 0 Å². The summed E-state index contributed by atoms with van der Waals surface area (Å²) in [5.41, 5.74) is 10.1. The van der Waals surface area contributed by atoms with Gasteiger partial charge < -0.3 is 30.3 Å². The van der Waals surface area contributed by atoms with Gasteiger partial charge in [0.1, 0.15) is 11.6 Å². The fourth-order valence-corrected chi connectivity index (χ4v) is 16.3. The number of anilines is 3.